The molecule has 0 fully saturated rings. The van der Waals surface area contributed by atoms with Gasteiger partial charge < -0.3 is 0 Å². The number of thiol groups is 1. The number of hydrogen-bond donors (Lipinski definition) is 2. The lowest BCUT2D eigenvalue weighted by Gasteiger charge is -2.21. The number of aryl methyl sites for hydroxylation is 1. The second-order valence-electron chi connectivity index (χ2n) is 5.45. The van der Waals surface area contributed by atoms with Gasteiger partial charge in [-0.2, -0.15) is 0 Å². The van der Waals surface area contributed by atoms with E-state index in [0.717, 1.165) is 0 Å². The molecule has 0 aliphatic rings. The summed E-state index contributed by atoms with van der Waals surface area (Å²) in [6.07, 6.45) is 0. The first kappa shape index (κ1) is 16.8. The highest BCUT2D eigenvalue weighted by molar-refractivity contribution is 7.80. The van der Waals surface area contributed by atoms with Crippen molar-refractivity contribution in [2.75, 3.05) is 0 Å². The molecule has 3 aromatic rings. The van der Waals surface area contributed by atoms with Crippen molar-refractivity contribution in [3.63, 3.8) is 0 Å². The van der Waals surface area contributed by atoms with E-state index in [9.17, 15) is 4.79 Å². The Morgan fingerprint density at radius 2 is 1.42 bits per heavy atom. The van der Waals surface area contributed by atoms with Gasteiger partial charge in [-0.05, 0) is 48.5 Å². The Labute approximate surface area is 149 Å². The van der Waals surface area contributed by atoms with Crippen molar-refractivity contribution in [2.24, 2.45) is 0 Å². The fourth-order valence-electron chi connectivity index (χ4n) is 2.64. The molecule has 0 saturated heterocycles. The van der Waals surface area contributed by atoms with E-state index in [4.69, 9.17) is 0 Å². The number of hydrogen-bond acceptors (Lipinski definition) is 2. The average Bonchev–Trinajstić information content (AvgIpc) is 2.64. The standard InChI is InChI=1S/C20H18NOPS/c1-15-12-13-16(20(22)21-24)14-19(15)23(17-8-4-2-5-9-17)18-10-6-3-7-11-18/h2-14,24H,1H3,(H,21,22). The molecule has 24 heavy (non-hydrogen) atoms. The van der Waals surface area contributed by atoms with Gasteiger partial charge in [0.05, 0.1) is 0 Å². The first-order valence-electron chi connectivity index (χ1n) is 7.66. The normalized spacial score (nSPS) is 10.6. The molecule has 0 spiro atoms. The molecule has 3 aromatic carbocycles. The number of benzene rings is 3. The molecule has 0 radical (unpaired) electrons. The minimum absolute atomic E-state index is 0.185. The summed E-state index contributed by atoms with van der Waals surface area (Å²) >= 11 is 3.88. The summed E-state index contributed by atoms with van der Waals surface area (Å²) in [5.41, 5.74) is 1.81. The zero-order valence-electron chi connectivity index (χ0n) is 13.3. The van der Waals surface area contributed by atoms with Gasteiger partial charge in [-0.25, -0.2) is 0 Å². The van der Waals surface area contributed by atoms with Crippen LogP contribution in [0.4, 0.5) is 0 Å². The molecule has 0 heterocycles. The fourth-order valence-corrected chi connectivity index (χ4v) is 5.26. The van der Waals surface area contributed by atoms with Crippen molar-refractivity contribution >= 4 is 42.6 Å². The average molecular weight is 351 g/mol. The smallest absolute Gasteiger partial charge is 0.260 e. The van der Waals surface area contributed by atoms with Gasteiger partial charge in [-0.1, -0.05) is 79.5 Å². The van der Waals surface area contributed by atoms with Crippen LogP contribution in [0.2, 0.25) is 0 Å². The maximum absolute atomic E-state index is 12.0. The monoisotopic (exact) mass is 351 g/mol. The van der Waals surface area contributed by atoms with Gasteiger partial charge in [0.2, 0.25) is 0 Å². The molecule has 2 nitrogen and oxygen atoms in total. The second kappa shape index (κ2) is 7.65. The quantitative estimate of drug-likeness (QED) is 0.548. The minimum Gasteiger partial charge on any atom is -0.299 e. The molecule has 3 rings (SSSR count). The number of carbonyl (C=O) groups excluding carboxylic acids is 1. The van der Waals surface area contributed by atoms with E-state index in [2.05, 4.69) is 73.0 Å². The second-order valence-corrected chi connectivity index (χ2v) is 7.86. The van der Waals surface area contributed by atoms with Crippen LogP contribution in [0, 0.1) is 6.92 Å². The number of nitrogens with one attached hydrogen (secondary N) is 1. The lowest BCUT2D eigenvalue weighted by Crippen LogP contribution is -2.24. The summed E-state index contributed by atoms with van der Waals surface area (Å²) in [5, 5.41) is 3.73. The van der Waals surface area contributed by atoms with Crippen molar-refractivity contribution in [1.29, 1.82) is 0 Å². The molecular formula is C20H18NOPS. The van der Waals surface area contributed by atoms with Crippen LogP contribution in [-0.2, 0) is 0 Å². The van der Waals surface area contributed by atoms with E-state index in [-0.39, 0.29) is 5.91 Å². The first-order chi connectivity index (χ1) is 11.7. The van der Waals surface area contributed by atoms with Crippen LogP contribution in [0.1, 0.15) is 15.9 Å². The third-order valence-electron chi connectivity index (χ3n) is 3.84. The van der Waals surface area contributed by atoms with Crippen LogP contribution in [0.25, 0.3) is 0 Å². The summed E-state index contributed by atoms with van der Waals surface area (Å²) in [4.78, 5) is 12.0. The Hall–Kier alpha value is -2.09. The maximum atomic E-state index is 12.0. The van der Waals surface area contributed by atoms with E-state index >= 15 is 0 Å². The van der Waals surface area contributed by atoms with Crippen LogP contribution in [0.5, 0.6) is 0 Å². The molecule has 1 amide bonds. The molecule has 0 atom stereocenters. The van der Waals surface area contributed by atoms with Crippen molar-refractivity contribution in [2.45, 2.75) is 6.92 Å². The van der Waals surface area contributed by atoms with E-state index in [0.29, 0.717) is 5.56 Å². The van der Waals surface area contributed by atoms with E-state index in [1.54, 1.807) is 0 Å². The summed E-state index contributed by atoms with van der Waals surface area (Å²) in [6.45, 7) is 2.10. The Morgan fingerprint density at radius 1 is 0.875 bits per heavy atom. The zero-order chi connectivity index (χ0) is 16.9. The summed E-state index contributed by atoms with van der Waals surface area (Å²) in [6, 6.07) is 26.8. The van der Waals surface area contributed by atoms with Crippen LogP contribution < -0.4 is 20.6 Å². The SMILES string of the molecule is Cc1ccc(C(=O)NS)cc1P(c1ccccc1)c1ccccc1. The minimum atomic E-state index is -0.718. The molecule has 0 aromatic heterocycles. The summed E-state index contributed by atoms with van der Waals surface area (Å²) < 4.78 is 2.41. The third-order valence-corrected chi connectivity index (χ3v) is 6.64. The molecule has 0 aliphatic carbocycles. The van der Waals surface area contributed by atoms with Gasteiger partial charge >= 0.3 is 0 Å². The highest BCUT2D eigenvalue weighted by Gasteiger charge is 2.19. The zero-order valence-corrected chi connectivity index (χ0v) is 15.1. The predicted octanol–water partition coefficient (Wildman–Crippen LogP) is 3.33. The molecule has 0 aliphatic heterocycles. The highest BCUT2D eigenvalue weighted by Crippen LogP contribution is 2.34. The van der Waals surface area contributed by atoms with E-state index in [1.165, 1.54) is 21.5 Å². The summed E-state index contributed by atoms with van der Waals surface area (Å²) in [7, 11) is -0.718. The van der Waals surface area contributed by atoms with Gasteiger partial charge in [0, 0.05) is 5.56 Å². The molecule has 120 valence electrons. The first-order valence-corrected chi connectivity index (χ1v) is 9.45. The van der Waals surface area contributed by atoms with Gasteiger partial charge in [-0.15, -0.1) is 0 Å². The Morgan fingerprint density at radius 3 is 1.92 bits per heavy atom. The molecular weight excluding hydrogens is 333 g/mol. The van der Waals surface area contributed by atoms with Crippen LogP contribution in [0.15, 0.2) is 78.9 Å². The summed E-state index contributed by atoms with van der Waals surface area (Å²) in [5.74, 6) is -0.185. The van der Waals surface area contributed by atoms with Crippen LogP contribution in [0.3, 0.4) is 0 Å². The van der Waals surface area contributed by atoms with Crippen molar-refractivity contribution in [3.8, 4) is 0 Å². The Kier molecular flexibility index (Phi) is 5.34. The highest BCUT2D eigenvalue weighted by atomic mass is 32.1. The van der Waals surface area contributed by atoms with Gasteiger partial charge in [-0.3, -0.25) is 9.52 Å². The maximum Gasteiger partial charge on any atom is 0.260 e. The molecule has 0 saturated carbocycles. The van der Waals surface area contributed by atoms with Crippen LogP contribution in [-0.4, -0.2) is 5.91 Å². The number of rotatable bonds is 4. The van der Waals surface area contributed by atoms with Crippen molar-refractivity contribution < 1.29 is 4.79 Å². The van der Waals surface area contributed by atoms with Crippen LogP contribution >= 0.6 is 20.7 Å². The molecule has 1 N–H and O–H groups in total. The van der Waals surface area contributed by atoms with Crippen molar-refractivity contribution in [3.05, 3.63) is 90.0 Å². The number of amides is 1. The lowest BCUT2D eigenvalue weighted by molar-refractivity contribution is 0.0985. The van der Waals surface area contributed by atoms with Gasteiger partial charge in [0.25, 0.3) is 5.91 Å². The van der Waals surface area contributed by atoms with Crippen molar-refractivity contribution in [1.82, 2.24) is 4.72 Å². The Balaban J connectivity index is 2.18. The predicted molar refractivity (Wildman–Crippen MR) is 106 cm³/mol. The topological polar surface area (TPSA) is 29.1 Å². The Bertz CT molecular complexity index is 797. The molecule has 0 unspecified atom stereocenters. The third kappa shape index (κ3) is 3.53. The fraction of sp³-hybridized carbons (Fsp3) is 0.0500. The van der Waals surface area contributed by atoms with E-state index < -0.39 is 7.92 Å². The van der Waals surface area contributed by atoms with Gasteiger partial charge in [0.1, 0.15) is 0 Å². The largest absolute Gasteiger partial charge is 0.299 e. The van der Waals surface area contributed by atoms with E-state index in [1.807, 2.05) is 30.3 Å². The lowest BCUT2D eigenvalue weighted by atomic mass is 10.1. The molecule has 4 heteroatoms. The number of carbonyl (C=O) groups is 1. The van der Waals surface area contributed by atoms with Gasteiger partial charge in [0.15, 0.2) is 0 Å². The molecule has 0 bridgehead atoms.